The molecule has 9 heteroatoms. The number of phenolic OH excluding ortho intramolecular Hbond substituents is 1. The van der Waals surface area contributed by atoms with Crippen molar-refractivity contribution in [2.24, 2.45) is 0 Å². The Morgan fingerprint density at radius 3 is 2.77 bits per heavy atom. The second-order valence-corrected chi connectivity index (χ2v) is 8.67. The van der Waals surface area contributed by atoms with Gasteiger partial charge in [0, 0.05) is 29.7 Å². The lowest BCUT2D eigenvalue weighted by Crippen LogP contribution is -2.63. The molecule has 30 heavy (non-hydrogen) atoms. The summed E-state index contributed by atoms with van der Waals surface area (Å²) in [5, 5.41) is 29.8. The van der Waals surface area contributed by atoms with Gasteiger partial charge in [0.1, 0.15) is 11.9 Å². The maximum atomic E-state index is 15.1. The van der Waals surface area contributed by atoms with Crippen molar-refractivity contribution in [1.82, 2.24) is 30.5 Å². The average molecular weight is 410 g/mol. The SMILES string of the molecule is C[C@@]12CC[C@@](C)(N1)[C@H](F)[C@@H](Oc1ccc(-c3ccc(-n4ccnn4)cc3O)nn1)C2. The van der Waals surface area contributed by atoms with Crippen LogP contribution in [0.2, 0.25) is 0 Å². The van der Waals surface area contributed by atoms with Gasteiger partial charge in [0.2, 0.25) is 5.88 Å². The quantitative estimate of drug-likeness (QED) is 0.682. The number of hydrogen-bond acceptors (Lipinski definition) is 7. The van der Waals surface area contributed by atoms with E-state index in [-0.39, 0.29) is 17.2 Å². The molecule has 0 aliphatic carbocycles. The maximum absolute atomic E-state index is 15.1. The zero-order valence-electron chi connectivity index (χ0n) is 16.8. The van der Waals surface area contributed by atoms with Gasteiger partial charge in [0.05, 0.1) is 29.3 Å². The molecular formula is C21H23FN6O2. The molecule has 0 unspecified atom stereocenters. The molecule has 4 heterocycles. The first-order valence-electron chi connectivity index (χ1n) is 9.99. The summed E-state index contributed by atoms with van der Waals surface area (Å²) in [6.07, 6.45) is 3.86. The summed E-state index contributed by atoms with van der Waals surface area (Å²) in [4.78, 5) is 0. The smallest absolute Gasteiger partial charge is 0.233 e. The average Bonchev–Trinajstić information content (AvgIpc) is 3.34. The highest BCUT2D eigenvalue weighted by molar-refractivity contribution is 5.68. The number of hydrogen-bond donors (Lipinski definition) is 2. The number of rotatable bonds is 4. The molecule has 2 N–H and O–H groups in total. The maximum Gasteiger partial charge on any atom is 0.233 e. The summed E-state index contributed by atoms with van der Waals surface area (Å²) in [7, 11) is 0. The number of phenols is 1. The number of nitrogens with one attached hydrogen (secondary N) is 1. The molecule has 4 atom stereocenters. The molecule has 2 saturated heterocycles. The highest BCUT2D eigenvalue weighted by atomic mass is 19.1. The Balaban J connectivity index is 1.34. The monoisotopic (exact) mass is 410 g/mol. The molecule has 2 aromatic heterocycles. The number of ether oxygens (including phenoxy) is 1. The van der Waals surface area contributed by atoms with Crippen molar-refractivity contribution in [1.29, 1.82) is 0 Å². The van der Waals surface area contributed by atoms with Crippen molar-refractivity contribution in [3.8, 4) is 28.6 Å². The third kappa shape index (κ3) is 3.19. The molecule has 0 spiro atoms. The van der Waals surface area contributed by atoms with Gasteiger partial charge in [-0.15, -0.1) is 15.3 Å². The second kappa shape index (κ2) is 6.73. The van der Waals surface area contributed by atoms with Gasteiger partial charge in [0.15, 0.2) is 6.17 Å². The van der Waals surface area contributed by atoms with Gasteiger partial charge in [-0.2, -0.15) is 0 Å². The summed E-state index contributed by atoms with van der Waals surface area (Å²) in [6.45, 7) is 4.03. The lowest BCUT2D eigenvalue weighted by molar-refractivity contribution is -0.00951. The van der Waals surface area contributed by atoms with Gasteiger partial charge in [-0.3, -0.25) is 0 Å². The van der Waals surface area contributed by atoms with Crippen LogP contribution in [0, 0.1) is 0 Å². The Bertz CT molecular complexity index is 1060. The minimum Gasteiger partial charge on any atom is -0.507 e. The number of aromatic nitrogens is 5. The third-order valence-electron chi connectivity index (χ3n) is 6.23. The Morgan fingerprint density at radius 2 is 2.07 bits per heavy atom. The molecule has 1 aromatic carbocycles. The van der Waals surface area contributed by atoms with Crippen LogP contribution in [0.4, 0.5) is 4.39 Å². The molecular weight excluding hydrogens is 387 g/mol. The Labute approximate surface area is 173 Å². The fourth-order valence-corrected chi connectivity index (χ4v) is 4.68. The van der Waals surface area contributed by atoms with Crippen LogP contribution in [-0.4, -0.2) is 53.7 Å². The van der Waals surface area contributed by atoms with Crippen molar-refractivity contribution < 1.29 is 14.2 Å². The number of fused-ring (bicyclic) bond motifs is 2. The van der Waals surface area contributed by atoms with E-state index in [9.17, 15) is 5.11 Å². The number of piperidine rings is 1. The molecule has 5 rings (SSSR count). The minimum atomic E-state index is -1.12. The molecule has 2 bridgehead atoms. The van der Waals surface area contributed by atoms with Gasteiger partial charge < -0.3 is 15.2 Å². The van der Waals surface area contributed by atoms with Gasteiger partial charge in [0.25, 0.3) is 0 Å². The Hall–Kier alpha value is -3.07. The summed E-state index contributed by atoms with van der Waals surface area (Å²) >= 11 is 0. The van der Waals surface area contributed by atoms with Crippen LogP contribution >= 0.6 is 0 Å². The lowest BCUT2D eigenvalue weighted by atomic mass is 9.85. The van der Waals surface area contributed by atoms with E-state index < -0.39 is 17.8 Å². The van der Waals surface area contributed by atoms with E-state index >= 15 is 4.39 Å². The molecule has 2 aliphatic rings. The highest BCUT2D eigenvalue weighted by Gasteiger charge is 2.56. The Kier molecular flexibility index (Phi) is 4.25. The predicted molar refractivity (Wildman–Crippen MR) is 107 cm³/mol. The molecule has 8 nitrogen and oxygen atoms in total. The summed E-state index contributed by atoms with van der Waals surface area (Å²) in [5.41, 5.74) is 1.01. The van der Waals surface area contributed by atoms with E-state index in [2.05, 4.69) is 32.7 Å². The summed E-state index contributed by atoms with van der Waals surface area (Å²) in [6, 6.07) is 8.49. The van der Waals surface area contributed by atoms with Crippen molar-refractivity contribution in [2.75, 3.05) is 0 Å². The molecule has 3 aromatic rings. The third-order valence-corrected chi connectivity index (χ3v) is 6.23. The first-order chi connectivity index (χ1) is 14.4. The molecule has 2 aliphatic heterocycles. The van der Waals surface area contributed by atoms with Gasteiger partial charge in [-0.05, 0) is 44.9 Å². The lowest BCUT2D eigenvalue weighted by Gasteiger charge is -2.43. The number of nitrogens with zero attached hydrogens (tertiary/aromatic N) is 5. The van der Waals surface area contributed by atoms with Gasteiger partial charge in [-0.1, -0.05) is 5.21 Å². The summed E-state index contributed by atoms with van der Waals surface area (Å²) in [5.74, 6) is 0.323. The van der Waals surface area contributed by atoms with Crippen molar-refractivity contribution >= 4 is 0 Å². The number of aromatic hydroxyl groups is 1. The molecule has 0 amide bonds. The van der Waals surface area contributed by atoms with Crippen molar-refractivity contribution in [2.45, 2.75) is 56.5 Å². The van der Waals surface area contributed by atoms with Crippen LogP contribution in [0.25, 0.3) is 16.9 Å². The largest absolute Gasteiger partial charge is 0.507 e. The molecule has 0 saturated carbocycles. The first kappa shape index (κ1) is 18.9. The normalized spacial score (nSPS) is 30.4. The van der Waals surface area contributed by atoms with Crippen LogP contribution < -0.4 is 10.1 Å². The standard InChI is InChI=1S/C21H23FN6O2/c1-20-7-8-21(2,26-20)19(22)17(12-20)30-18-6-5-15(24-25-18)14-4-3-13(11-16(14)29)28-10-9-23-27-28/h3-6,9-11,17,19,26,29H,7-8,12H2,1-2H3/t17-,19+,20-,21+/m0/s1. The van der Waals surface area contributed by atoms with E-state index in [0.29, 0.717) is 23.4 Å². The van der Waals surface area contributed by atoms with Crippen LogP contribution in [0.5, 0.6) is 11.6 Å². The topological polar surface area (TPSA) is 98.0 Å². The molecule has 0 radical (unpaired) electrons. The predicted octanol–water partition coefficient (Wildman–Crippen LogP) is 2.82. The van der Waals surface area contributed by atoms with Crippen LogP contribution in [0.1, 0.15) is 33.1 Å². The van der Waals surface area contributed by atoms with E-state index in [1.807, 2.05) is 6.92 Å². The fraction of sp³-hybridized carbons (Fsp3) is 0.429. The zero-order valence-corrected chi connectivity index (χ0v) is 16.8. The van der Waals surface area contributed by atoms with E-state index in [1.54, 1.807) is 47.4 Å². The Morgan fingerprint density at radius 1 is 1.20 bits per heavy atom. The van der Waals surface area contributed by atoms with Crippen LogP contribution in [-0.2, 0) is 0 Å². The van der Waals surface area contributed by atoms with Crippen LogP contribution in [0.3, 0.4) is 0 Å². The molecule has 2 fully saturated rings. The number of alkyl halides is 1. The zero-order chi connectivity index (χ0) is 20.9. The van der Waals surface area contributed by atoms with E-state index in [4.69, 9.17) is 4.74 Å². The van der Waals surface area contributed by atoms with Gasteiger partial charge >= 0.3 is 0 Å². The van der Waals surface area contributed by atoms with Crippen molar-refractivity contribution in [3.63, 3.8) is 0 Å². The van der Waals surface area contributed by atoms with Crippen LogP contribution in [0.15, 0.2) is 42.7 Å². The second-order valence-electron chi connectivity index (χ2n) is 8.67. The molecule has 156 valence electrons. The summed E-state index contributed by atoms with van der Waals surface area (Å²) < 4.78 is 22.5. The fourth-order valence-electron chi connectivity index (χ4n) is 4.68. The number of benzene rings is 1. The highest BCUT2D eigenvalue weighted by Crippen LogP contribution is 2.44. The first-order valence-corrected chi connectivity index (χ1v) is 9.99. The minimum absolute atomic E-state index is 0.0468. The number of halogens is 1. The van der Waals surface area contributed by atoms with E-state index in [1.165, 1.54) is 0 Å². The van der Waals surface area contributed by atoms with Crippen molar-refractivity contribution in [3.05, 3.63) is 42.7 Å². The van der Waals surface area contributed by atoms with E-state index in [0.717, 1.165) is 12.8 Å². The van der Waals surface area contributed by atoms with Gasteiger partial charge in [-0.25, -0.2) is 9.07 Å².